The van der Waals surface area contributed by atoms with E-state index < -0.39 is 0 Å². The summed E-state index contributed by atoms with van der Waals surface area (Å²) in [5.41, 5.74) is 6.33. The van der Waals surface area contributed by atoms with Crippen LogP contribution in [0.15, 0.2) is 11.6 Å². The quantitative estimate of drug-likeness (QED) is 0.893. The van der Waals surface area contributed by atoms with E-state index in [1.54, 1.807) is 11.3 Å². The lowest BCUT2D eigenvalue weighted by atomic mass is 9.74. The van der Waals surface area contributed by atoms with Crippen LogP contribution in [0.3, 0.4) is 0 Å². The lowest BCUT2D eigenvalue weighted by molar-refractivity contribution is -0.0883. The average molecular weight is 268 g/mol. The van der Waals surface area contributed by atoms with Crippen molar-refractivity contribution in [2.45, 2.75) is 57.6 Å². The molecule has 0 amide bonds. The first kappa shape index (κ1) is 14.0. The Morgan fingerprint density at radius 3 is 2.83 bits per heavy atom. The van der Waals surface area contributed by atoms with Crippen LogP contribution in [0.25, 0.3) is 0 Å². The molecule has 1 unspecified atom stereocenters. The Labute approximate surface area is 114 Å². The van der Waals surface area contributed by atoms with E-state index in [1.807, 2.05) is 11.6 Å². The molecule has 0 saturated heterocycles. The maximum Gasteiger partial charge on any atom is 0.0941 e. The topological polar surface area (TPSA) is 48.1 Å². The van der Waals surface area contributed by atoms with Gasteiger partial charge in [-0.1, -0.05) is 6.92 Å². The minimum atomic E-state index is -0.118. The van der Waals surface area contributed by atoms with E-state index in [2.05, 4.69) is 18.8 Å². The van der Waals surface area contributed by atoms with E-state index in [1.165, 1.54) is 12.8 Å². The highest BCUT2D eigenvalue weighted by Crippen LogP contribution is 2.37. The van der Waals surface area contributed by atoms with Crippen molar-refractivity contribution in [2.75, 3.05) is 6.61 Å². The maximum absolute atomic E-state index is 6.45. The molecule has 18 heavy (non-hydrogen) atoms. The first-order valence-electron chi connectivity index (χ1n) is 6.94. The number of aromatic nitrogens is 1. The summed E-state index contributed by atoms with van der Waals surface area (Å²) in [7, 11) is 0. The van der Waals surface area contributed by atoms with E-state index in [4.69, 9.17) is 10.5 Å². The van der Waals surface area contributed by atoms with Gasteiger partial charge in [0.25, 0.3) is 0 Å². The standard InChI is InChI=1S/C14H24N2OS/c1-3-17-14(6-4-11(2)5-7-14)12(15)10-13-16-8-9-18-13/h8-9,11-12H,3-7,10,15H2,1-2H3. The van der Waals surface area contributed by atoms with E-state index in [-0.39, 0.29) is 11.6 Å². The van der Waals surface area contributed by atoms with Crippen LogP contribution in [0.1, 0.15) is 44.5 Å². The van der Waals surface area contributed by atoms with Gasteiger partial charge >= 0.3 is 0 Å². The van der Waals surface area contributed by atoms with Gasteiger partial charge in [-0.15, -0.1) is 11.3 Å². The maximum atomic E-state index is 6.45. The van der Waals surface area contributed by atoms with Crippen LogP contribution in [0.5, 0.6) is 0 Å². The summed E-state index contributed by atoms with van der Waals surface area (Å²) in [6, 6.07) is 0.0658. The molecule has 0 bridgehead atoms. The molecule has 2 N–H and O–H groups in total. The molecule has 1 aliphatic rings. The second-order valence-electron chi connectivity index (χ2n) is 5.42. The summed E-state index contributed by atoms with van der Waals surface area (Å²) >= 11 is 1.69. The second kappa shape index (κ2) is 6.13. The minimum absolute atomic E-state index is 0.0658. The second-order valence-corrected chi connectivity index (χ2v) is 6.40. The highest BCUT2D eigenvalue weighted by atomic mass is 32.1. The first-order valence-corrected chi connectivity index (χ1v) is 7.82. The summed E-state index contributed by atoms with van der Waals surface area (Å²) in [4.78, 5) is 4.34. The monoisotopic (exact) mass is 268 g/mol. The third kappa shape index (κ3) is 3.11. The zero-order valence-corrected chi connectivity index (χ0v) is 12.2. The molecule has 4 heteroatoms. The normalized spacial score (nSPS) is 30.3. The molecule has 0 radical (unpaired) electrons. The van der Waals surface area contributed by atoms with Crippen molar-refractivity contribution < 1.29 is 4.74 Å². The molecule has 102 valence electrons. The number of ether oxygens (including phenoxy) is 1. The smallest absolute Gasteiger partial charge is 0.0941 e. The van der Waals surface area contributed by atoms with Crippen LogP contribution in [0.2, 0.25) is 0 Å². The number of nitrogens with zero attached hydrogens (tertiary/aromatic N) is 1. The number of hydrogen-bond acceptors (Lipinski definition) is 4. The van der Waals surface area contributed by atoms with E-state index in [0.29, 0.717) is 0 Å². The Bertz CT molecular complexity index is 345. The number of thiazole rings is 1. The van der Waals surface area contributed by atoms with E-state index >= 15 is 0 Å². The van der Waals surface area contributed by atoms with Gasteiger partial charge in [-0.3, -0.25) is 0 Å². The van der Waals surface area contributed by atoms with Gasteiger partial charge in [0.15, 0.2) is 0 Å². The Balaban J connectivity index is 2.04. The molecule has 1 heterocycles. The van der Waals surface area contributed by atoms with Gasteiger partial charge in [-0.25, -0.2) is 4.98 Å². The van der Waals surface area contributed by atoms with Crippen LogP contribution in [0, 0.1) is 5.92 Å². The molecule has 1 aliphatic carbocycles. The predicted octanol–water partition coefficient (Wildman–Crippen LogP) is 3.00. The molecule has 3 nitrogen and oxygen atoms in total. The van der Waals surface area contributed by atoms with Crippen molar-refractivity contribution >= 4 is 11.3 Å². The summed E-state index contributed by atoms with van der Waals surface area (Å²) in [5.74, 6) is 0.811. The Hall–Kier alpha value is -0.450. The molecule has 1 aromatic rings. The molecular weight excluding hydrogens is 244 g/mol. The largest absolute Gasteiger partial charge is 0.374 e. The molecule has 0 spiro atoms. The Morgan fingerprint density at radius 1 is 1.56 bits per heavy atom. The van der Waals surface area contributed by atoms with E-state index in [9.17, 15) is 0 Å². The van der Waals surface area contributed by atoms with Crippen molar-refractivity contribution in [3.05, 3.63) is 16.6 Å². The van der Waals surface area contributed by atoms with Crippen molar-refractivity contribution in [3.8, 4) is 0 Å². The van der Waals surface area contributed by atoms with Crippen molar-refractivity contribution in [1.29, 1.82) is 0 Å². The highest BCUT2D eigenvalue weighted by Gasteiger charge is 2.40. The fraction of sp³-hybridized carbons (Fsp3) is 0.786. The molecule has 0 aliphatic heterocycles. The van der Waals surface area contributed by atoms with Gasteiger partial charge in [0, 0.05) is 30.6 Å². The highest BCUT2D eigenvalue weighted by molar-refractivity contribution is 7.09. The predicted molar refractivity (Wildman–Crippen MR) is 75.8 cm³/mol. The summed E-state index contributed by atoms with van der Waals surface area (Å²) in [6.07, 6.45) is 7.33. The van der Waals surface area contributed by atoms with Crippen molar-refractivity contribution in [3.63, 3.8) is 0 Å². The molecule has 1 aromatic heterocycles. The first-order chi connectivity index (χ1) is 8.66. The van der Waals surface area contributed by atoms with Gasteiger partial charge in [0.1, 0.15) is 0 Å². The molecular formula is C14H24N2OS. The molecule has 0 aromatic carbocycles. The summed E-state index contributed by atoms with van der Waals surface area (Å²) < 4.78 is 6.08. The fourth-order valence-electron chi connectivity index (χ4n) is 2.89. The molecule has 1 saturated carbocycles. The van der Waals surface area contributed by atoms with Gasteiger partial charge in [0.2, 0.25) is 0 Å². The van der Waals surface area contributed by atoms with Crippen LogP contribution < -0.4 is 5.73 Å². The average Bonchev–Trinajstić information content (AvgIpc) is 2.85. The van der Waals surface area contributed by atoms with E-state index in [0.717, 1.165) is 36.8 Å². The van der Waals surface area contributed by atoms with Crippen LogP contribution in [-0.2, 0) is 11.2 Å². The van der Waals surface area contributed by atoms with Crippen LogP contribution in [0.4, 0.5) is 0 Å². The zero-order valence-electron chi connectivity index (χ0n) is 11.4. The number of hydrogen-bond donors (Lipinski definition) is 1. The third-order valence-electron chi connectivity index (χ3n) is 4.11. The lowest BCUT2D eigenvalue weighted by Crippen LogP contribution is -2.53. The Morgan fingerprint density at radius 2 is 2.28 bits per heavy atom. The molecule has 1 atom stereocenters. The van der Waals surface area contributed by atoms with Crippen LogP contribution in [-0.4, -0.2) is 23.2 Å². The molecule has 1 fully saturated rings. The fourth-order valence-corrected chi connectivity index (χ4v) is 3.56. The van der Waals surface area contributed by atoms with Crippen molar-refractivity contribution in [1.82, 2.24) is 4.98 Å². The number of rotatable bonds is 5. The van der Waals surface area contributed by atoms with Gasteiger partial charge in [-0.2, -0.15) is 0 Å². The van der Waals surface area contributed by atoms with Gasteiger partial charge in [0.05, 0.1) is 10.6 Å². The zero-order chi connectivity index (χ0) is 13.0. The summed E-state index contributed by atoms with van der Waals surface area (Å²) in [6.45, 7) is 5.14. The third-order valence-corrected chi connectivity index (χ3v) is 4.91. The van der Waals surface area contributed by atoms with Gasteiger partial charge < -0.3 is 10.5 Å². The van der Waals surface area contributed by atoms with Crippen molar-refractivity contribution in [2.24, 2.45) is 11.7 Å². The lowest BCUT2D eigenvalue weighted by Gasteiger charge is -2.43. The SMILES string of the molecule is CCOC1(C(N)Cc2nccs2)CCC(C)CC1. The Kier molecular flexibility index (Phi) is 4.76. The van der Waals surface area contributed by atoms with Crippen LogP contribution >= 0.6 is 11.3 Å². The minimum Gasteiger partial charge on any atom is -0.374 e. The molecule has 2 rings (SSSR count). The van der Waals surface area contributed by atoms with Gasteiger partial charge in [-0.05, 0) is 38.5 Å². The number of nitrogens with two attached hydrogens (primary N) is 1. The summed E-state index contributed by atoms with van der Waals surface area (Å²) in [5, 5.41) is 3.14.